The summed E-state index contributed by atoms with van der Waals surface area (Å²) in [5.74, 6) is -0.193. The maximum atomic E-state index is 12.5. The van der Waals surface area contributed by atoms with Crippen LogP contribution in [-0.4, -0.2) is 39.9 Å². The monoisotopic (exact) mass is 329 g/mol. The van der Waals surface area contributed by atoms with Gasteiger partial charge in [0.15, 0.2) is 0 Å². The first-order valence-electron chi connectivity index (χ1n) is 8.94. The summed E-state index contributed by atoms with van der Waals surface area (Å²) in [5, 5.41) is 14.0. The van der Waals surface area contributed by atoms with E-state index in [1.165, 1.54) is 44.2 Å². The van der Waals surface area contributed by atoms with E-state index in [-0.39, 0.29) is 17.6 Å². The first kappa shape index (κ1) is 15.6. The Morgan fingerprint density at radius 3 is 2.46 bits per heavy atom. The highest BCUT2D eigenvalue weighted by Crippen LogP contribution is 2.41. The third kappa shape index (κ3) is 3.02. The molecule has 4 rings (SSSR count). The lowest BCUT2D eigenvalue weighted by atomic mass is 9.81. The van der Waals surface area contributed by atoms with Crippen LogP contribution >= 0.6 is 0 Å². The quantitative estimate of drug-likeness (QED) is 0.681. The van der Waals surface area contributed by atoms with Crippen LogP contribution in [0.5, 0.6) is 0 Å². The minimum atomic E-state index is -0.463. The Bertz CT molecular complexity index is 645. The Hall–Kier alpha value is -1.95. The summed E-state index contributed by atoms with van der Waals surface area (Å²) in [4.78, 5) is 25.6. The Balaban J connectivity index is 1.43. The van der Waals surface area contributed by atoms with Crippen LogP contribution in [-0.2, 0) is 0 Å². The Labute approximate surface area is 141 Å². The highest BCUT2D eigenvalue weighted by atomic mass is 16.6. The van der Waals surface area contributed by atoms with Crippen molar-refractivity contribution in [3.63, 3.8) is 0 Å². The largest absolute Gasteiger partial charge is 0.349 e. The van der Waals surface area contributed by atoms with Gasteiger partial charge in [-0.15, -0.1) is 0 Å². The van der Waals surface area contributed by atoms with Crippen LogP contribution in [0, 0.1) is 10.1 Å². The molecule has 128 valence electrons. The van der Waals surface area contributed by atoms with E-state index in [2.05, 4.69) is 10.2 Å². The molecule has 3 aliphatic rings. The third-order valence-corrected chi connectivity index (χ3v) is 5.65. The average molecular weight is 329 g/mol. The van der Waals surface area contributed by atoms with E-state index in [9.17, 15) is 14.9 Å². The number of piperidine rings is 2. The van der Waals surface area contributed by atoms with Crippen molar-refractivity contribution in [1.29, 1.82) is 0 Å². The number of nitro benzene ring substituents is 1. The van der Waals surface area contributed by atoms with E-state index >= 15 is 0 Å². The predicted octanol–water partition coefficient (Wildman–Crippen LogP) is 2.87. The molecule has 0 spiro atoms. The number of fused-ring (bicyclic) bond motifs is 2. The molecule has 6 heteroatoms. The van der Waals surface area contributed by atoms with Gasteiger partial charge in [0, 0.05) is 41.9 Å². The molecule has 6 nitrogen and oxygen atoms in total. The van der Waals surface area contributed by atoms with Crippen LogP contribution in [0.4, 0.5) is 5.69 Å². The number of nitrogens with one attached hydrogen (secondary N) is 1. The van der Waals surface area contributed by atoms with E-state index in [0.29, 0.717) is 17.6 Å². The first-order valence-corrected chi connectivity index (χ1v) is 8.94. The third-order valence-electron chi connectivity index (χ3n) is 5.65. The fraction of sp³-hybridized carbons (Fsp3) is 0.611. The van der Waals surface area contributed by atoms with Crippen LogP contribution < -0.4 is 5.32 Å². The molecule has 0 unspecified atom stereocenters. The van der Waals surface area contributed by atoms with Crippen molar-refractivity contribution in [3.8, 4) is 0 Å². The van der Waals surface area contributed by atoms with Crippen molar-refractivity contribution in [2.45, 2.75) is 69.1 Å². The van der Waals surface area contributed by atoms with Gasteiger partial charge < -0.3 is 5.32 Å². The zero-order chi connectivity index (χ0) is 16.7. The minimum Gasteiger partial charge on any atom is -0.349 e. The summed E-state index contributed by atoms with van der Waals surface area (Å²) in [6.07, 6.45) is 8.44. The molecule has 0 radical (unpaired) electrons. The number of nitrogens with zero attached hydrogens (tertiary/aromatic N) is 2. The number of rotatable bonds is 4. The van der Waals surface area contributed by atoms with Crippen LogP contribution in [0.3, 0.4) is 0 Å². The van der Waals surface area contributed by atoms with Crippen LogP contribution in [0.1, 0.15) is 55.3 Å². The van der Waals surface area contributed by atoms with E-state index < -0.39 is 4.92 Å². The number of amides is 1. The molecule has 0 aromatic heterocycles. The van der Waals surface area contributed by atoms with Crippen molar-refractivity contribution in [1.82, 2.24) is 10.2 Å². The number of nitro groups is 1. The summed E-state index contributed by atoms with van der Waals surface area (Å²) in [6, 6.07) is 8.14. The minimum absolute atomic E-state index is 0.0388. The molecule has 2 aliphatic heterocycles. The summed E-state index contributed by atoms with van der Waals surface area (Å²) >= 11 is 0. The molecule has 2 heterocycles. The molecule has 1 N–H and O–H groups in total. The van der Waals surface area contributed by atoms with Crippen molar-refractivity contribution in [2.75, 3.05) is 0 Å². The topological polar surface area (TPSA) is 75.5 Å². The molecule has 1 aromatic carbocycles. The number of hydrogen-bond acceptors (Lipinski definition) is 4. The number of carbonyl (C=O) groups is 1. The molecule has 2 atom stereocenters. The fourth-order valence-corrected chi connectivity index (χ4v) is 4.53. The van der Waals surface area contributed by atoms with Gasteiger partial charge in [0.25, 0.3) is 11.6 Å². The number of benzene rings is 1. The van der Waals surface area contributed by atoms with Gasteiger partial charge in [-0.3, -0.25) is 19.8 Å². The van der Waals surface area contributed by atoms with Gasteiger partial charge in [-0.2, -0.15) is 0 Å². The fourth-order valence-electron chi connectivity index (χ4n) is 4.53. The van der Waals surface area contributed by atoms with Gasteiger partial charge in [-0.25, -0.2) is 0 Å². The summed E-state index contributed by atoms with van der Waals surface area (Å²) < 4.78 is 0. The lowest BCUT2D eigenvalue weighted by Gasteiger charge is -2.49. The van der Waals surface area contributed by atoms with E-state index in [0.717, 1.165) is 18.9 Å². The van der Waals surface area contributed by atoms with E-state index in [1.54, 1.807) is 12.1 Å². The molecule has 1 amide bonds. The standard InChI is InChI=1S/C18H23N3O3/c22-18(12-3-1-6-17(9-12)21(23)24)19-13-10-15-4-2-5-16(11-13)20(15)14-7-8-14/h1,3,6,9,13-16H,2,4-5,7-8,10-11H2,(H,19,22)/t15-,16-/m1/s1. The second kappa shape index (κ2) is 6.16. The molecule has 2 bridgehead atoms. The van der Waals surface area contributed by atoms with Crippen molar-refractivity contribution in [3.05, 3.63) is 39.9 Å². The molecule has 24 heavy (non-hydrogen) atoms. The van der Waals surface area contributed by atoms with E-state index in [4.69, 9.17) is 0 Å². The maximum Gasteiger partial charge on any atom is 0.270 e. The predicted molar refractivity (Wildman–Crippen MR) is 89.9 cm³/mol. The van der Waals surface area contributed by atoms with Crippen molar-refractivity contribution < 1.29 is 9.72 Å². The number of hydrogen-bond donors (Lipinski definition) is 1. The number of carbonyl (C=O) groups excluding carboxylic acids is 1. The summed E-state index contributed by atoms with van der Waals surface area (Å²) in [5.41, 5.74) is 0.335. The second-order valence-corrected chi connectivity index (χ2v) is 7.37. The molecule has 3 fully saturated rings. The Morgan fingerprint density at radius 1 is 1.12 bits per heavy atom. The zero-order valence-corrected chi connectivity index (χ0v) is 13.7. The lowest BCUT2D eigenvalue weighted by molar-refractivity contribution is -0.384. The molecule has 2 saturated heterocycles. The van der Waals surface area contributed by atoms with Gasteiger partial charge in [-0.05, 0) is 44.6 Å². The van der Waals surface area contributed by atoms with Gasteiger partial charge in [0.2, 0.25) is 0 Å². The molecule has 1 aliphatic carbocycles. The summed E-state index contributed by atoms with van der Waals surface area (Å²) in [6.45, 7) is 0. The molecular weight excluding hydrogens is 306 g/mol. The number of non-ortho nitro benzene ring substituents is 1. The van der Waals surface area contributed by atoms with Crippen molar-refractivity contribution in [2.24, 2.45) is 0 Å². The van der Waals surface area contributed by atoms with Gasteiger partial charge in [0.1, 0.15) is 0 Å². The van der Waals surface area contributed by atoms with Gasteiger partial charge in [0.05, 0.1) is 4.92 Å². The second-order valence-electron chi connectivity index (χ2n) is 7.37. The first-order chi connectivity index (χ1) is 11.6. The normalized spacial score (nSPS) is 29.9. The van der Waals surface area contributed by atoms with Crippen LogP contribution in [0.25, 0.3) is 0 Å². The molecular formula is C18H23N3O3. The van der Waals surface area contributed by atoms with Crippen molar-refractivity contribution >= 4 is 11.6 Å². The van der Waals surface area contributed by atoms with Gasteiger partial charge >= 0.3 is 0 Å². The van der Waals surface area contributed by atoms with Gasteiger partial charge in [-0.1, -0.05) is 12.5 Å². The molecule has 1 aromatic rings. The Morgan fingerprint density at radius 2 is 1.83 bits per heavy atom. The van der Waals surface area contributed by atoms with Crippen LogP contribution in [0.15, 0.2) is 24.3 Å². The van der Waals surface area contributed by atoms with E-state index in [1.807, 2.05) is 0 Å². The highest BCUT2D eigenvalue weighted by molar-refractivity contribution is 5.95. The lowest BCUT2D eigenvalue weighted by Crippen LogP contribution is -2.57. The highest BCUT2D eigenvalue weighted by Gasteiger charge is 2.45. The Kier molecular flexibility index (Phi) is 4.00. The molecule has 1 saturated carbocycles. The smallest absolute Gasteiger partial charge is 0.270 e. The SMILES string of the molecule is O=C(NC1C[C@H]2CCC[C@H](C1)N2C1CC1)c1cccc([N+](=O)[O-])c1. The average Bonchev–Trinajstić information content (AvgIpc) is 3.39. The van der Waals surface area contributed by atoms with Crippen LogP contribution in [0.2, 0.25) is 0 Å². The summed E-state index contributed by atoms with van der Waals surface area (Å²) in [7, 11) is 0. The maximum absolute atomic E-state index is 12.5. The zero-order valence-electron chi connectivity index (χ0n) is 13.7.